The molecule has 1 heterocycles. The summed E-state index contributed by atoms with van der Waals surface area (Å²) in [5.74, 6) is 0. The number of fused-ring (bicyclic) bond motifs is 3. The van der Waals surface area contributed by atoms with Crippen molar-refractivity contribution in [3.8, 4) is 11.1 Å². The summed E-state index contributed by atoms with van der Waals surface area (Å²) < 4.78 is 2.66. The SMILES string of the molecule is c1ccc(Nc2ccc3c(c2)sc2c(-c4ccccc4)cccc23)cc1. The Kier molecular flexibility index (Phi) is 3.69. The van der Waals surface area contributed by atoms with Crippen LogP contribution < -0.4 is 5.32 Å². The number of anilines is 2. The molecule has 0 amide bonds. The lowest BCUT2D eigenvalue weighted by Crippen LogP contribution is -1.88. The van der Waals surface area contributed by atoms with E-state index < -0.39 is 0 Å². The van der Waals surface area contributed by atoms with Crippen LogP contribution in [-0.4, -0.2) is 0 Å². The number of rotatable bonds is 3. The maximum absolute atomic E-state index is 3.49. The second kappa shape index (κ2) is 6.32. The molecule has 5 aromatic rings. The predicted molar refractivity (Wildman–Crippen MR) is 114 cm³/mol. The quantitative estimate of drug-likeness (QED) is 0.355. The summed E-state index contributed by atoms with van der Waals surface area (Å²) in [6, 6.07) is 34.2. The van der Waals surface area contributed by atoms with Crippen molar-refractivity contribution in [3.05, 3.63) is 97.1 Å². The van der Waals surface area contributed by atoms with E-state index in [1.165, 1.54) is 31.3 Å². The van der Waals surface area contributed by atoms with Gasteiger partial charge in [0, 0.05) is 31.5 Å². The summed E-state index contributed by atoms with van der Waals surface area (Å²) in [5.41, 5.74) is 4.81. The summed E-state index contributed by atoms with van der Waals surface area (Å²) in [7, 11) is 0. The highest BCUT2D eigenvalue weighted by atomic mass is 32.1. The smallest absolute Gasteiger partial charge is 0.0433 e. The molecule has 1 N–H and O–H groups in total. The van der Waals surface area contributed by atoms with E-state index in [-0.39, 0.29) is 0 Å². The third-order valence-corrected chi connectivity index (χ3v) is 5.85. The highest BCUT2D eigenvalue weighted by molar-refractivity contribution is 7.26. The number of benzene rings is 4. The molecule has 1 nitrogen and oxygen atoms in total. The minimum absolute atomic E-state index is 1.11. The third-order valence-electron chi connectivity index (χ3n) is 4.65. The van der Waals surface area contributed by atoms with Gasteiger partial charge in [0.15, 0.2) is 0 Å². The number of thiophene rings is 1. The van der Waals surface area contributed by atoms with Crippen LogP contribution in [0.2, 0.25) is 0 Å². The standard InChI is InChI=1S/C24H17NS/c1-3-8-17(9-4-1)20-12-7-13-22-21-15-14-19(16-23(21)26-24(20)22)25-18-10-5-2-6-11-18/h1-16,25H. The average Bonchev–Trinajstić information content (AvgIpc) is 3.07. The van der Waals surface area contributed by atoms with Crippen LogP contribution in [0.15, 0.2) is 97.1 Å². The Balaban J connectivity index is 1.65. The molecule has 0 spiro atoms. The molecular formula is C24H17NS. The zero-order valence-corrected chi connectivity index (χ0v) is 15.0. The van der Waals surface area contributed by atoms with Crippen molar-refractivity contribution in [2.75, 3.05) is 5.32 Å². The molecule has 26 heavy (non-hydrogen) atoms. The molecule has 0 saturated heterocycles. The largest absolute Gasteiger partial charge is 0.355 e. The van der Waals surface area contributed by atoms with Crippen LogP contribution >= 0.6 is 11.3 Å². The van der Waals surface area contributed by atoms with Gasteiger partial charge in [-0.1, -0.05) is 72.8 Å². The molecule has 0 atom stereocenters. The van der Waals surface area contributed by atoms with Crippen LogP contribution in [-0.2, 0) is 0 Å². The lowest BCUT2D eigenvalue weighted by molar-refractivity contribution is 1.57. The van der Waals surface area contributed by atoms with E-state index in [2.05, 4.69) is 84.2 Å². The molecule has 0 aliphatic carbocycles. The topological polar surface area (TPSA) is 12.0 Å². The van der Waals surface area contributed by atoms with Crippen LogP contribution in [0, 0.1) is 0 Å². The summed E-state index contributed by atoms with van der Waals surface area (Å²) >= 11 is 1.87. The fraction of sp³-hybridized carbons (Fsp3) is 0. The lowest BCUT2D eigenvalue weighted by Gasteiger charge is -2.06. The van der Waals surface area contributed by atoms with E-state index in [0.29, 0.717) is 0 Å². The zero-order chi connectivity index (χ0) is 17.3. The van der Waals surface area contributed by atoms with Gasteiger partial charge in [-0.25, -0.2) is 0 Å². The van der Waals surface area contributed by atoms with Crippen molar-refractivity contribution in [3.63, 3.8) is 0 Å². The molecule has 0 saturated carbocycles. The Bertz CT molecular complexity index is 1190. The van der Waals surface area contributed by atoms with Gasteiger partial charge in [-0.05, 0) is 35.4 Å². The molecule has 2 heteroatoms. The molecule has 124 valence electrons. The number of nitrogens with one attached hydrogen (secondary N) is 1. The first-order valence-corrected chi connectivity index (χ1v) is 9.53. The van der Waals surface area contributed by atoms with Crippen LogP contribution in [0.5, 0.6) is 0 Å². The van der Waals surface area contributed by atoms with Crippen LogP contribution in [0.1, 0.15) is 0 Å². The van der Waals surface area contributed by atoms with E-state index >= 15 is 0 Å². The number of hydrogen-bond acceptors (Lipinski definition) is 2. The molecule has 1 aromatic heterocycles. The van der Waals surface area contributed by atoms with Crippen molar-refractivity contribution in [1.82, 2.24) is 0 Å². The molecule has 0 bridgehead atoms. The molecule has 0 radical (unpaired) electrons. The molecule has 0 fully saturated rings. The fourth-order valence-corrected chi connectivity index (χ4v) is 4.69. The van der Waals surface area contributed by atoms with Crippen molar-refractivity contribution >= 4 is 42.9 Å². The van der Waals surface area contributed by atoms with Crippen LogP contribution in [0.25, 0.3) is 31.3 Å². The van der Waals surface area contributed by atoms with Gasteiger partial charge >= 0.3 is 0 Å². The zero-order valence-electron chi connectivity index (χ0n) is 14.1. The summed E-state index contributed by atoms with van der Waals surface area (Å²) in [6.45, 7) is 0. The van der Waals surface area contributed by atoms with Gasteiger partial charge in [-0.2, -0.15) is 0 Å². The van der Waals surface area contributed by atoms with Gasteiger partial charge in [0.2, 0.25) is 0 Å². The second-order valence-corrected chi connectivity index (χ2v) is 7.40. The molecule has 0 aliphatic heterocycles. The van der Waals surface area contributed by atoms with E-state index in [9.17, 15) is 0 Å². The number of hydrogen-bond donors (Lipinski definition) is 1. The van der Waals surface area contributed by atoms with E-state index in [0.717, 1.165) is 11.4 Å². The van der Waals surface area contributed by atoms with E-state index in [4.69, 9.17) is 0 Å². The highest BCUT2D eigenvalue weighted by Gasteiger charge is 2.10. The van der Waals surface area contributed by atoms with Crippen molar-refractivity contribution in [1.29, 1.82) is 0 Å². The maximum Gasteiger partial charge on any atom is 0.0433 e. The first-order chi connectivity index (χ1) is 12.9. The monoisotopic (exact) mass is 351 g/mol. The average molecular weight is 351 g/mol. The fourth-order valence-electron chi connectivity index (χ4n) is 3.41. The Morgan fingerprint density at radius 1 is 0.577 bits per heavy atom. The highest BCUT2D eigenvalue weighted by Crippen LogP contribution is 2.40. The molecule has 0 aliphatic rings. The van der Waals surface area contributed by atoms with Crippen molar-refractivity contribution in [2.45, 2.75) is 0 Å². The van der Waals surface area contributed by atoms with E-state index in [1.54, 1.807) is 0 Å². The minimum Gasteiger partial charge on any atom is -0.355 e. The van der Waals surface area contributed by atoms with Crippen LogP contribution in [0.3, 0.4) is 0 Å². The number of para-hydroxylation sites is 1. The first kappa shape index (κ1) is 15.2. The lowest BCUT2D eigenvalue weighted by atomic mass is 10.0. The maximum atomic E-state index is 3.49. The Morgan fingerprint density at radius 3 is 2.15 bits per heavy atom. The first-order valence-electron chi connectivity index (χ1n) is 8.71. The molecular weight excluding hydrogens is 334 g/mol. The van der Waals surface area contributed by atoms with Gasteiger partial charge in [0.05, 0.1) is 0 Å². The van der Waals surface area contributed by atoms with Gasteiger partial charge in [-0.15, -0.1) is 11.3 Å². The molecule has 4 aromatic carbocycles. The molecule has 5 rings (SSSR count). The Morgan fingerprint density at radius 2 is 1.35 bits per heavy atom. The van der Waals surface area contributed by atoms with Gasteiger partial charge < -0.3 is 5.32 Å². The van der Waals surface area contributed by atoms with Crippen molar-refractivity contribution in [2.24, 2.45) is 0 Å². The second-order valence-electron chi connectivity index (χ2n) is 6.35. The van der Waals surface area contributed by atoms with Gasteiger partial charge in [-0.3, -0.25) is 0 Å². The Hall–Kier alpha value is -3.10. The predicted octanol–water partition coefficient (Wildman–Crippen LogP) is 7.47. The minimum atomic E-state index is 1.11. The normalized spacial score (nSPS) is 11.1. The summed E-state index contributed by atoms with van der Waals surface area (Å²) in [4.78, 5) is 0. The third kappa shape index (κ3) is 2.65. The summed E-state index contributed by atoms with van der Waals surface area (Å²) in [6.07, 6.45) is 0. The van der Waals surface area contributed by atoms with E-state index in [1.807, 2.05) is 29.5 Å². The van der Waals surface area contributed by atoms with Gasteiger partial charge in [0.25, 0.3) is 0 Å². The Labute approximate surface area is 156 Å². The van der Waals surface area contributed by atoms with Crippen molar-refractivity contribution < 1.29 is 0 Å². The molecule has 0 unspecified atom stereocenters. The summed E-state index contributed by atoms with van der Waals surface area (Å²) in [5, 5.41) is 6.15. The van der Waals surface area contributed by atoms with Gasteiger partial charge in [0.1, 0.15) is 0 Å². The van der Waals surface area contributed by atoms with Crippen LogP contribution in [0.4, 0.5) is 11.4 Å².